The van der Waals surface area contributed by atoms with E-state index in [4.69, 9.17) is 21.1 Å². The van der Waals surface area contributed by atoms with Crippen molar-refractivity contribution in [2.45, 2.75) is 13.2 Å². The first-order chi connectivity index (χ1) is 14.2. The van der Waals surface area contributed by atoms with Gasteiger partial charge in [0.25, 0.3) is 0 Å². The maximum Gasteiger partial charge on any atom is 0.161 e. The molecule has 4 heteroatoms. The van der Waals surface area contributed by atoms with Gasteiger partial charge in [0.1, 0.15) is 6.61 Å². The Balaban J connectivity index is 1.45. The summed E-state index contributed by atoms with van der Waals surface area (Å²) in [4.78, 5) is 0. The molecule has 1 N–H and O–H groups in total. The molecule has 0 heterocycles. The van der Waals surface area contributed by atoms with Crippen molar-refractivity contribution >= 4 is 28.1 Å². The molecule has 0 unspecified atom stereocenters. The van der Waals surface area contributed by atoms with E-state index in [2.05, 4.69) is 41.7 Å². The van der Waals surface area contributed by atoms with Crippen LogP contribution in [0.25, 0.3) is 10.8 Å². The van der Waals surface area contributed by atoms with E-state index < -0.39 is 0 Å². The van der Waals surface area contributed by atoms with E-state index in [1.165, 1.54) is 10.8 Å². The molecule has 0 atom stereocenters. The van der Waals surface area contributed by atoms with Crippen LogP contribution in [0.3, 0.4) is 0 Å². The zero-order chi connectivity index (χ0) is 20.1. The first-order valence-corrected chi connectivity index (χ1v) is 9.86. The van der Waals surface area contributed by atoms with E-state index in [1.807, 2.05) is 48.5 Å². The number of ether oxygens (including phenoxy) is 2. The molecule has 4 aromatic carbocycles. The summed E-state index contributed by atoms with van der Waals surface area (Å²) in [5, 5.41) is 6.53. The van der Waals surface area contributed by atoms with E-state index in [0.717, 1.165) is 33.3 Å². The third kappa shape index (κ3) is 4.64. The molecule has 0 bridgehead atoms. The second-order valence-electron chi connectivity index (χ2n) is 6.77. The van der Waals surface area contributed by atoms with Crippen LogP contribution in [-0.4, -0.2) is 7.11 Å². The lowest BCUT2D eigenvalue weighted by molar-refractivity contribution is 0.285. The van der Waals surface area contributed by atoms with Gasteiger partial charge in [0.05, 0.1) is 7.11 Å². The first-order valence-electron chi connectivity index (χ1n) is 9.49. The Labute approximate surface area is 175 Å². The summed E-state index contributed by atoms with van der Waals surface area (Å²) in [6.45, 7) is 1.17. The normalized spacial score (nSPS) is 10.7. The quantitative estimate of drug-likeness (QED) is 0.372. The van der Waals surface area contributed by atoms with Crippen LogP contribution in [-0.2, 0) is 13.2 Å². The molecule has 0 aliphatic heterocycles. The number of benzene rings is 4. The lowest BCUT2D eigenvalue weighted by Crippen LogP contribution is -2.02. The van der Waals surface area contributed by atoms with Crippen LogP contribution in [0.1, 0.15) is 11.1 Å². The molecule has 3 nitrogen and oxygen atoms in total. The molecule has 0 saturated carbocycles. The Bertz CT molecular complexity index is 1100. The van der Waals surface area contributed by atoms with Gasteiger partial charge in [0, 0.05) is 17.3 Å². The van der Waals surface area contributed by atoms with Crippen LogP contribution in [0.2, 0.25) is 5.02 Å². The highest BCUT2D eigenvalue weighted by atomic mass is 35.5. The Kier molecular flexibility index (Phi) is 5.87. The number of nitrogens with one attached hydrogen (secondary N) is 1. The van der Waals surface area contributed by atoms with Crippen LogP contribution < -0.4 is 14.8 Å². The van der Waals surface area contributed by atoms with Gasteiger partial charge >= 0.3 is 0 Å². The minimum atomic E-state index is 0.486. The Morgan fingerprint density at radius 2 is 1.62 bits per heavy atom. The summed E-state index contributed by atoms with van der Waals surface area (Å²) >= 11 is 5.93. The van der Waals surface area contributed by atoms with Crippen molar-refractivity contribution in [3.63, 3.8) is 0 Å². The summed E-state index contributed by atoms with van der Waals surface area (Å²) in [5.74, 6) is 1.45. The van der Waals surface area contributed by atoms with Crippen molar-refractivity contribution in [1.29, 1.82) is 0 Å². The minimum absolute atomic E-state index is 0.486. The molecule has 0 fully saturated rings. The van der Waals surface area contributed by atoms with Crippen LogP contribution in [0, 0.1) is 0 Å². The molecule has 29 heavy (non-hydrogen) atoms. The average Bonchev–Trinajstić information content (AvgIpc) is 2.77. The molecule has 0 radical (unpaired) electrons. The number of halogens is 1. The smallest absolute Gasteiger partial charge is 0.161 e. The highest BCUT2D eigenvalue weighted by molar-refractivity contribution is 6.30. The van der Waals surface area contributed by atoms with Crippen molar-refractivity contribution in [2.75, 3.05) is 12.4 Å². The molecule has 0 aliphatic carbocycles. The van der Waals surface area contributed by atoms with Gasteiger partial charge < -0.3 is 14.8 Å². The predicted octanol–water partition coefficient (Wildman–Crippen LogP) is 6.69. The number of fused-ring (bicyclic) bond motifs is 1. The van der Waals surface area contributed by atoms with Crippen molar-refractivity contribution in [1.82, 2.24) is 0 Å². The number of hydrogen-bond donors (Lipinski definition) is 1. The van der Waals surface area contributed by atoms with Gasteiger partial charge in [-0.2, -0.15) is 0 Å². The topological polar surface area (TPSA) is 30.5 Å². The second kappa shape index (κ2) is 8.89. The fourth-order valence-corrected chi connectivity index (χ4v) is 3.41. The summed E-state index contributed by atoms with van der Waals surface area (Å²) < 4.78 is 11.7. The molecule has 0 spiro atoms. The zero-order valence-electron chi connectivity index (χ0n) is 16.2. The largest absolute Gasteiger partial charge is 0.493 e. The van der Waals surface area contributed by atoms with Gasteiger partial charge in [-0.1, -0.05) is 60.1 Å². The first kappa shape index (κ1) is 19.2. The zero-order valence-corrected chi connectivity index (χ0v) is 16.9. The van der Waals surface area contributed by atoms with Crippen LogP contribution >= 0.6 is 11.6 Å². The summed E-state index contributed by atoms with van der Waals surface area (Å²) in [6, 6.07) is 28.3. The maximum atomic E-state index is 6.09. The fourth-order valence-electron chi connectivity index (χ4n) is 3.29. The lowest BCUT2D eigenvalue weighted by atomic mass is 10.1. The van der Waals surface area contributed by atoms with Crippen LogP contribution in [0.5, 0.6) is 11.5 Å². The number of rotatable bonds is 7. The van der Waals surface area contributed by atoms with Gasteiger partial charge in [0.2, 0.25) is 0 Å². The van der Waals surface area contributed by atoms with Crippen molar-refractivity contribution in [3.05, 3.63) is 101 Å². The van der Waals surface area contributed by atoms with E-state index >= 15 is 0 Å². The second-order valence-corrected chi connectivity index (χ2v) is 7.21. The SMILES string of the molecule is COc1cc(CNc2ccc(Cl)cc2)ccc1OCc1cccc2ccccc12. The van der Waals surface area contributed by atoms with Gasteiger partial charge in [-0.05, 0) is 58.3 Å². The molecule has 4 aromatic rings. The minimum Gasteiger partial charge on any atom is -0.493 e. The third-order valence-corrected chi connectivity index (χ3v) is 5.08. The molecular weight excluding hydrogens is 382 g/mol. The predicted molar refractivity (Wildman–Crippen MR) is 120 cm³/mol. The highest BCUT2D eigenvalue weighted by Gasteiger charge is 2.08. The van der Waals surface area contributed by atoms with E-state index in [9.17, 15) is 0 Å². The molecule has 0 aromatic heterocycles. The molecule has 0 saturated heterocycles. The fraction of sp³-hybridized carbons (Fsp3) is 0.120. The summed E-state index contributed by atoms with van der Waals surface area (Å²) in [7, 11) is 1.66. The monoisotopic (exact) mass is 403 g/mol. The molecule has 4 rings (SSSR count). The lowest BCUT2D eigenvalue weighted by Gasteiger charge is -2.14. The van der Waals surface area contributed by atoms with Gasteiger partial charge in [-0.25, -0.2) is 0 Å². The molecule has 0 aliphatic rings. The Morgan fingerprint density at radius 3 is 2.45 bits per heavy atom. The van der Waals surface area contributed by atoms with Gasteiger partial charge in [-0.15, -0.1) is 0 Å². The van der Waals surface area contributed by atoms with Crippen LogP contribution in [0.4, 0.5) is 5.69 Å². The summed E-state index contributed by atoms with van der Waals surface area (Å²) in [6.07, 6.45) is 0. The maximum absolute atomic E-state index is 6.09. The number of methoxy groups -OCH3 is 1. The highest BCUT2D eigenvalue weighted by Crippen LogP contribution is 2.30. The Morgan fingerprint density at radius 1 is 0.828 bits per heavy atom. The number of hydrogen-bond acceptors (Lipinski definition) is 3. The van der Waals surface area contributed by atoms with E-state index in [1.54, 1.807) is 7.11 Å². The van der Waals surface area contributed by atoms with Crippen molar-refractivity contribution in [2.24, 2.45) is 0 Å². The van der Waals surface area contributed by atoms with Crippen molar-refractivity contribution < 1.29 is 9.47 Å². The molecule has 146 valence electrons. The molecular formula is C25H22ClNO2. The standard InChI is InChI=1S/C25H22ClNO2/c1-28-25-15-18(16-27-22-12-10-21(26)11-13-22)9-14-24(25)29-17-20-7-4-6-19-5-2-3-8-23(19)20/h2-15,27H,16-17H2,1H3. The third-order valence-electron chi connectivity index (χ3n) is 4.83. The number of anilines is 1. The van der Waals surface area contributed by atoms with Gasteiger partial charge in [-0.3, -0.25) is 0 Å². The summed E-state index contributed by atoms with van der Waals surface area (Å²) in [5.41, 5.74) is 3.28. The Hall–Kier alpha value is -3.17. The van der Waals surface area contributed by atoms with E-state index in [0.29, 0.717) is 13.2 Å². The molecule has 0 amide bonds. The van der Waals surface area contributed by atoms with Gasteiger partial charge in [0.15, 0.2) is 11.5 Å². The average molecular weight is 404 g/mol. The van der Waals surface area contributed by atoms with Crippen molar-refractivity contribution in [3.8, 4) is 11.5 Å². The van der Waals surface area contributed by atoms with Crippen LogP contribution in [0.15, 0.2) is 84.9 Å². The van der Waals surface area contributed by atoms with E-state index in [-0.39, 0.29) is 0 Å².